The van der Waals surface area contributed by atoms with Crippen molar-refractivity contribution in [1.82, 2.24) is 4.98 Å². The highest BCUT2D eigenvalue weighted by Crippen LogP contribution is 2.33. The summed E-state index contributed by atoms with van der Waals surface area (Å²) >= 11 is 1.17. The Morgan fingerprint density at radius 1 is 0.892 bits per heavy atom. The molecule has 0 spiro atoms. The average Bonchev–Trinajstić information content (AvgIpc) is 3.37. The molecule has 1 aliphatic rings. The molecule has 0 bridgehead atoms. The summed E-state index contributed by atoms with van der Waals surface area (Å²) in [5.74, 6) is 0.222. The maximum absolute atomic E-state index is 13.4. The van der Waals surface area contributed by atoms with Crippen molar-refractivity contribution in [1.29, 1.82) is 0 Å². The van der Waals surface area contributed by atoms with Crippen molar-refractivity contribution in [2.75, 3.05) is 41.9 Å². The highest BCUT2D eigenvalue weighted by Gasteiger charge is 2.29. The van der Waals surface area contributed by atoms with Crippen LogP contribution in [0.25, 0.3) is 0 Å². The number of thiazole rings is 1. The molecule has 1 saturated heterocycles. The SMILES string of the molecule is COc1ccc(N2CCN(c3nc(NC(=O)c4ccccc4)c(C(=O)c4ccccc4)s3)CC2=O)cc1. The van der Waals surface area contributed by atoms with Gasteiger partial charge >= 0.3 is 0 Å². The number of nitrogens with one attached hydrogen (secondary N) is 1. The largest absolute Gasteiger partial charge is 0.497 e. The molecule has 2 amide bonds. The van der Waals surface area contributed by atoms with Gasteiger partial charge in [-0.2, -0.15) is 0 Å². The first-order chi connectivity index (χ1) is 18.0. The second kappa shape index (κ2) is 10.6. The molecule has 1 aromatic heterocycles. The number of hydrogen-bond acceptors (Lipinski definition) is 7. The average molecular weight is 513 g/mol. The first kappa shape index (κ1) is 24.2. The standard InChI is InChI=1S/C28H24N4O4S/c1-36-22-14-12-21(13-15-22)32-17-16-31(18-23(32)33)28-30-26(29-27(35)20-10-6-3-7-11-20)25(37-28)24(34)19-8-4-2-5-9-19/h2-15H,16-18H2,1H3,(H,29,35). The Kier molecular flexibility index (Phi) is 6.96. The van der Waals surface area contributed by atoms with Gasteiger partial charge in [-0.05, 0) is 36.4 Å². The Balaban J connectivity index is 1.40. The van der Waals surface area contributed by atoms with E-state index in [9.17, 15) is 14.4 Å². The number of methoxy groups -OCH3 is 1. The van der Waals surface area contributed by atoms with Crippen LogP contribution in [0.4, 0.5) is 16.6 Å². The number of piperazine rings is 1. The topological polar surface area (TPSA) is 91.8 Å². The zero-order valence-electron chi connectivity index (χ0n) is 20.1. The quantitative estimate of drug-likeness (QED) is 0.367. The monoisotopic (exact) mass is 512 g/mol. The van der Waals surface area contributed by atoms with Gasteiger partial charge < -0.3 is 19.9 Å². The molecular weight excluding hydrogens is 488 g/mol. The van der Waals surface area contributed by atoms with Crippen LogP contribution in [0.5, 0.6) is 5.75 Å². The van der Waals surface area contributed by atoms with E-state index in [0.717, 1.165) is 11.4 Å². The van der Waals surface area contributed by atoms with E-state index in [2.05, 4.69) is 10.3 Å². The first-order valence-electron chi connectivity index (χ1n) is 11.7. The van der Waals surface area contributed by atoms with E-state index in [-0.39, 0.29) is 30.0 Å². The highest BCUT2D eigenvalue weighted by molar-refractivity contribution is 7.18. The summed E-state index contributed by atoms with van der Waals surface area (Å²) in [6, 6.07) is 24.9. The van der Waals surface area contributed by atoms with E-state index in [1.54, 1.807) is 60.5 Å². The minimum Gasteiger partial charge on any atom is -0.497 e. The van der Waals surface area contributed by atoms with E-state index in [4.69, 9.17) is 4.74 Å². The van der Waals surface area contributed by atoms with Crippen LogP contribution in [0.1, 0.15) is 25.6 Å². The zero-order chi connectivity index (χ0) is 25.8. The second-order valence-corrected chi connectivity index (χ2v) is 9.33. The minimum absolute atomic E-state index is 0.0857. The Bertz CT molecular complexity index is 1420. The maximum atomic E-state index is 13.4. The molecule has 3 aromatic carbocycles. The van der Waals surface area contributed by atoms with Gasteiger partial charge in [0, 0.05) is 29.9 Å². The zero-order valence-corrected chi connectivity index (χ0v) is 20.9. The van der Waals surface area contributed by atoms with Gasteiger partial charge in [0.1, 0.15) is 10.6 Å². The van der Waals surface area contributed by atoms with Gasteiger partial charge in [-0.3, -0.25) is 14.4 Å². The van der Waals surface area contributed by atoms with Crippen molar-refractivity contribution in [3.05, 3.63) is 101 Å². The number of hydrogen-bond donors (Lipinski definition) is 1. The van der Waals surface area contributed by atoms with E-state index in [1.165, 1.54) is 11.3 Å². The van der Waals surface area contributed by atoms with Gasteiger partial charge in [0.25, 0.3) is 5.91 Å². The normalized spacial score (nSPS) is 13.4. The second-order valence-electron chi connectivity index (χ2n) is 8.35. The fraction of sp³-hybridized carbons (Fsp3) is 0.143. The van der Waals surface area contributed by atoms with E-state index >= 15 is 0 Å². The molecule has 2 heterocycles. The molecule has 1 aliphatic heterocycles. The van der Waals surface area contributed by atoms with E-state index in [1.807, 2.05) is 41.3 Å². The van der Waals surface area contributed by atoms with Gasteiger partial charge in [0.05, 0.1) is 13.7 Å². The molecule has 37 heavy (non-hydrogen) atoms. The van der Waals surface area contributed by atoms with Crippen molar-refractivity contribution < 1.29 is 19.1 Å². The van der Waals surface area contributed by atoms with Gasteiger partial charge in [-0.1, -0.05) is 59.9 Å². The maximum Gasteiger partial charge on any atom is 0.256 e. The summed E-state index contributed by atoms with van der Waals surface area (Å²) < 4.78 is 5.20. The number of nitrogens with zero attached hydrogens (tertiary/aromatic N) is 3. The number of ether oxygens (including phenoxy) is 1. The third-order valence-electron chi connectivity index (χ3n) is 6.00. The number of carbonyl (C=O) groups is 3. The Labute approximate surface area is 218 Å². The van der Waals surface area contributed by atoms with E-state index < -0.39 is 0 Å². The predicted octanol–water partition coefficient (Wildman–Crippen LogP) is 4.49. The van der Waals surface area contributed by atoms with Crippen LogP contribution in [-0.4, -0.2) is 49.3 Å². The molecule has 0 saturated carbocycles. The molecule has 8 nitrogen and oxygen atoms in total. The van der Waals surface area contributed by atoms with Gasteiger partial charge in [-0.25, -0.2) is 4.98 Å². The van der Waals surface area contributed by atoms with Crippen molar-refractivity contribution in [3.63, 3.8) is 0 Å². The van der Waals surface area contributed by atoms with Crippen LogP contribution in [0.15, 0.2) is 84.9 Å². The summed E-state index contributed by atoms with van der Waals surface area (Å²) in [7, 11) is 1.60. The van der Waals surface area contributed by atoms with Crippen molar-refractivity contribution in [2.24, 2.45) is 0 Å². The van der Waals surface area contributed by atoms with Crippen LogP contribution in [0, 0.1) is 0 Å². The number of aromatic nitrogens is 1. The lowest BCUT2D eigenvalue weighted by Crippen LogP contribution is -2.50. The van der Waals surface area contributed by atoms with E-state index in [0.29, 0.717) is 34.2 Å². The molecule has 9 heteroatoms. The van der Waals surface area contributed by atoms with Crippen LogP contribution in [-0.2, 0) is 4.79 Å². The third-order valence-corrected chi connectivity index (χ3v) is 7.12. The van der Waals surface area contributed by atoms with Crippen LogP contribution < -0.4 is 19.9 Å². The minimum atomic E-state index is -0.361. The lowest BCUT2D eigenvalue weighted by Gasteiger charge is -2.34. The molecule has 4 aromatic rings. The lowest BCUT2D eigenvalue weighted by molar-refractivity contribution is -0.117. The smallest absolute Gasteiger partial charge is 0.256 e. The van der Waals surface area contributed by atoms with Crippen LogP contribution in [0.2, 0.25) is 0 Å². The molecule has 186 valence electrons. The Morgan fingerprint density at radius 2 is 1.54 bits per heavy atom. The van der Waals surface area contributed by atoms with Crippen LogP contribution in [0.3, 0.4) is 0 Å². The molecule has 5 rings (SSSR count). The molecule has 0 unspecified atom stereocenters. The summed E-state index contributed by atoms with van der Waals surface area (Å²) in [6.07, 6.45) is 0. The number of rotatable bonds is 7. The number of anilines is 3. The third kappa shape index (κ3) is 5.22. The van der Waals surface area contributed by atoms with Crippen LogP contribution >= 0.6 is 11.3 Å². The van der Waals surface area contributed by atoms with Gasteiger partial charge in [0.15, 0.2) is 10.9 Å². The lowest BCUT2D eigenvalue weighted by atomic mass is 10.1. The molecule has 0 aliphatic carbocycles. The summed E-state index contributed by atoms with van der Waals surface area (Å²) in [6.45, 7) is 1.08. The molecule has 1 N–H and O–H groups in total. The number of amides is 2. The van der Waals surface area contributed by atoms with Gasteiger partial charge in [0.2, 0.25) is 11.7 Å². The number of ketones is 1. The fourth-order valence-corrected chi connectivity index (χ4v) is 5.05. The number of benzene rings is 3. The Hall–Kier alpha value is -4.50. The first-order valence-corrected chi connectivity index (χ1v) is 12.5. The Morgan fingerprint density at radius 3 is 2.16 bits per heavy atom. The van der Waals surface area contributed by atoms with Gasteiger partial charge in [-0.15, -0.1) is 0 Å². The number of carbonyl (C=O) groups excluding carboxylic acids is 3. The van der Waals surface area contributed by atoms with Crippen molar-refractivity contribution in [3.8, 4) is 5.75 Å². The molecule has 0 radical (unpaired) electrons. The highest BCUT2D eigenvalue weighted by atomic mass is 32.1. The molecular formula is C28H24N4O4S. The molecule has 0 atom stereocenters. The summed E-state index contributed by atoms with van der Waals surface area (Å²) in [5, 5.41) is 3.30. The molecule has 1 fully saturated rings. The van der Waals surface area contributed by atoms with Crippen molar-refractivity contribution in [2.45, 2.75) is 0 Å². The predicted molar refractivity (Wildman–Crippen MR) is 144 cm³/mol. The summed E-state index contributed by atoms with van der Waals surface area (Å²) in [5.41, 5.74) is 1.74. The van der Waals surface area contributed by atoms with Crippen molar-refractivity contribution >= 4 is 45.6 Å². The summed E-state index contributed by atoms with van der Waals surface area (Å²) in [4.78, 5) is 47.7. The fourth-order valence-electron chi connectivity index (χ4n) is 4.04.